The molecule has 4 N–H and O–H groups in total. The van der Waals surface area contributed by atoms with E-state index < -0.39 is 4.92 Å². The van der Waals surface area contributed by atoms with E-state index in [9.17, 15) is 10.1 Å². The zero-order chi connectivity index (χ0) is 14.7. The van der Waals surface area contributed by atoms with Crippen LogP contribution in [0.15, 0.2) is 40.9 Å². The van der Waals surface area contributed by atoms with Crippen molar-refractivity contribution in [1.29, 1.82) is 0 Å². The standard InChI is InChI=1S/C12H10BrClN4O2/c13-8-6-7(14)4-5-9(8)16-10-2-1-3-11(17-15)12(10)18(19)20/h1-6,16-17H,15H2. The molecule has 0 saturated carbocycles. The third-order valence-corrected chi connectivity index (χ3v) is 3.47. The van der Waals surface area contributed by atoms with Crippen molar-refractivity contribution < 1.29 is 4.92 Å². The lowest BCUT2D eigenvalue weighted by molar-refractivity contribution is -0.383. The second-order valence-electron chi connectivity index (χ2n) is 3.85. The summed E-state index contributed by atoms with van der Waals surface area (Å²) in [5.74, 6) is 5.29. The summed E-state index contributed by atoms with van der Waals surface area (Å²) in [7, 11) is 0. The Hall–Kier alpha value is -1.83. The molecule has 0 bridgehead atoms. The van der Waals surface area contributed by atoms with Gasteiger partial charge < -0.3 is 10.7 Å². The smallest absolute Gasteiger partial charge is 0.316 e. The molecule has 104 valence electrons. The second-order valence-corrected chi connectivity index (χ2v) is 5.14. The number of halogens is 2. The minimum Gasteiger partial charge on any atom is -0.349 e. The average Bonchev–Trinajstić information content (AvgIpc) is 2.41. The van der Waals surface area contributed by atoms with Gasteiger partial charge in [0.15, 0.2) is 0 Å². The summed E-state index contributed by atoms with van der Waals surface area (Å²) in [6.45, 7) is 0. The Labute approximate surface area is 128 Å². The molecule has 2 rings (SSSR count). The van der Waals surface area contributed by atoms with Gasteiger partial charge in [-0.1, -0.05) is 17.7 Å². The first-order chi connectivity index (χ1) is 9.52. The fourth-order valence-electron chi connectivity index (χ4n) is 1.69. The Morgan fingerprint density at radius 3 is 2.50 bits per heavy atom. The van der Waals surface area contributed by atoms with Gasteiger partial charge in [-0.05, 0) is 46.3 Å². The van der Waals surface area contributed by atoms with Crippen molar-refractivity contribution in [3.8, 4) is 0 Å². The topological polar surface area (TPSA) is 93.2 Å². The van der Waals surface area contributed by atoms with Crippen LogP contribution in [0.4, 0.5) is 22.7 Å². The second kappa shape index (κ2) is 6.08. The van der Waals surface area contributed by atoms with Crippen LogP contribution >= 0.6 is 27.5 Å². The molecule has 0 heterocycles. The van der Waals surface area contributed by atoms with E-state index in [4.69, 9.17) is 17.4 Å². The highest BCUT2D eigenvalue weighted by atomic mass is 79.9. The highest BCUT2D eigenvalue weighted by molar-refractivity contribution is 9.10. The Morgan fingerprint density at radius 1 is 1.20 bits per heavy atom. The highest BCUT2D eigenvalue weighted by Crippen LogP contribution is 2.36. The minimum absolute atomic E-state index is 0.128. The molecule has 0 spiro atoms. The van der Waals surface area contributed by atoms with Gasteiger partial charge in [-0.2, -0.15) is 0 Å². The SMILES string of the molecule is NNc1cccc(Nc2ccc(Cl)cc2Br)c1[N+](=O)[O-]. The van der Waals surface area contributed by atoms with Gasteiger partial charge in [0.05, 0.1) is 10.6 Å². The molecule has 0 aliphatic rings. The summed E-state index contributed by atoms with van der Waals surface area (Å²) >= 11 is 9.20. The molecule has 0 amide bonds. The van der Waals surface area contributed by atoms with Crippen LogP contribution < -0.4 is 16.6 Å². The molecular weight excluding hydrogens is 348 g/mol. The summed E-state index contributed by atoms with van der Waals surface area (Å²) in [4.78, 5) is 10.7. The number of nitrogens with two attached hydrogens (primary N) is 1. The Balaban J connectivity index is 2.45. The van der Waals surface area contributed by atoms with Gasteiger partial charge in [-0.25, -0.2) is 0 Å². The van der Waals surface area contributed by atoms with E-state index >= 15 is 0 Å². The van der Waals surface area contributed by atoms with Crippen LogP contribution in [-0.4, -0.2) is 4.92 Å². The number of para-hydroxylation sites is 1. The molecule has 0 atom stereocenters. The van der Waals surface area contributed by atoms with E-state index in [-0.39, 0.29) is 11.4 Å². The molecule has 0 saturated heterocycles. The number of anilines is 3. The van der Waals surface area contributed by atoms with E-state index in [0.29, 0.717) is 20.9 Å². The molecule has 2 aromatic rings. The predicted octanol–water partition coefficient (Wildman–Crippen LogP) is 4.04. The third kappa shape index (κ3) is 3.01. The van der Waals surface area contributed by atoms with Crippen molar-refractivity contribution >= 4 is 50.3 Å². The number of nitro groups is 1. The van der Waals surface area contributed by atoms with Crippen LogP contribution in [0.3, 0.4) is 0 Å². The number of hydrogen-bond donors (Lipinski definition) is 3. The van der Waals surface area contributed by atoms with Gasteiger partial charge in [0.25, 0.3) is 0 Å². The number of benzene rings is 2. The molecule has 6 nitrogen and oxygen atoms in total. The lowest BCUT2D eigenvalue weighted by Gasteiger charge is -2.11. The molecule has 0 radical (unpaired) electrons. The van der Waals surface area contributed by atoms with Crippen molar-refractivity contribution in [3.05, 3.63) is 56.0 Å². The average molecular weight is 358 g/mol. The molecule has 2 aromatic carbocycles. The van der Waals surface area contributed by atoms with E-state index in [2.05, 4.69) is 26.7 Å². The summed E-state index contributed by atoms with van der Waals surface area (Å²) in [6, 6.07) is 9.89. The van der Waals surface area contributed by atoms with Crippen molar-refractivity contribution in [2.75, 3.05) is 10.7 Å². The molecule has 20 heavy (non-hydrogen) atoms. The van der Waals surface area contributed by atoms with Crippen LogP contribution in [0.5, 0.6) is 0 Å². The molecule has 8 heteroatoms. The molecule has 0 aliphatic heterocycles. The van der Waals surface area contributed by atoms with Crippen LogP contribution in [0.1, 0.15) is 0 Å². The fourth-order valence-corrected chi connectivity index (χ4v) is 2.48. The first-order valence-corrected chi connectivity index (χ1v) is 6.66. The van der Waals surface area contributed by atoms with Gasteiger partial charge in [0.1, 0.15) is 11.4 Å². The van der Waals surface area contributed by atoms with E-state index in [1.165, 1.54) is 6.07 Å². The summed E-state index contributed by atoms with van der Waals surface area (Å²) in [6.07, 6.45) is 0. The number of hydrazine groups is 1. The minimum atomic E-state index is -0.499. The van der Waals surface area contributed by atoms with Crippen molar-refractivity contribution in [3.63, 3.8) is 0 Å². The number of rotatable bonds is 4. The van der Waals surface area contributed by atoms with E-state index in [1.807, 2.05) is 0 Å². The monoisotopic (exact) mass is 356 g/mol. The molecular formula is C12H10BrClN4O2. The predicted molar refractivity (Wildman–Crippen MR) is 83.3 cm³/mol. The Bertz CT molecular complexity index is 666. The number of hydrogen-bond acceptors (Lipinski definition) is 5. The molecule has 0 fully saturated rings. The zero-order valence-corrected chi connectivity index (χ0v) is 12.4. The molecule has 0 aliphatic carbocycles. The summed E-state index contributed by atoms with van der Waals surface area (Å²) < 4.78 is 0.699. The van der Waals surface area contributed by atoms with Crippen molar-refractivity contribution in [2.45, 2.75) is 0 Å². The first-order valence-electron chi connectivity index (χ1n) is 5.49. The van der Waals surface area contributed by atoms with Crippen molar-refractivity contribution in [1.82, 2.24) is 0 Å². The third-order valence-electron chi connectivity index (χ3n) is 2.57. The van der Waals surface area contributed by atoms with Gasteiger partial charge >= 0.3 is 5.69 Å². The van der Waals surface area contributed by atoms with Crippen LogP contribution in [-0.2, 0) is 0 Å². The zero-order valence-electron chi connectivity index (χ0n) is 10.1. The lowest BCUT2D eigenvalue weighted by Crippen LogP contribution is -2.10. The van der Waals surface area contributed by atoms with Crippen LogP contribution in [0, 0.1) is 10.1 Å². The van der Waals surface area contributed by atoms with Crippen LogP contribution in [0.2, 0.25) is 5.02 Å². The highest BCUT2D eigenvalue weighted by Gasteiger charge is 2.19. The first kappa shape index (κ1) is 14.6. The van der Waals surface area contributed by atoms with Crippen molar-refractivity contribution in [2.24, 2.45) is 5.84 Å². The van der Waals surface area contributed by atoms with E-state index in [1.54, 1.807) is 30.3 Å². The van der Waals surface area contributed by atoms with Gasteiger partial charge in [0.2, 0.25) is 0 Å². The normalized spacial score (nSPS) is 10.2. The molecule has 0 unspecified atom stereocenters. The van der Waals surface area contributed by atoms with Crippen LogP contribution in [0.25, 0.3) is 0 Å². The Morgan fingerprint density at radius 2 is 1.90 bits per heavy atom. The summed E-state index contributed by atoms with van der Waals surface area (Å²) in [5, 5.41) is 14.7. The maximum Gasteiger partial charge on any atom is 0.316 e. The number of nitro benzene ring substituents is 1. The van der Waals surface area contributed by atoms with Gasteiger partial charge in [0, 0.05) is 9.50 Å². The maximum absolute atomic E-state index is 11.2. The fraction of sp³-hybridized carbons (Fsp3) is 0. The quantitative estimate of drug-likeness (QED) is 0.436. The maximum atomic E-state index is 11.2. The summed E-state index contributed by atoms with van der Waals surface area (Å²) in [5.41, 5.74) is 3.40. The van der Waals surface area contributed by atoms with Gasteiger partial charge in [-0.15, -0.1) is 0 Å². The van der Waals surface area contributed by atoms with Gasteiger partial charge in [-0.3, -0.25) is 16.0 Å². The van der Waals surface area contributed by atoms with E-state index in [0.717, 1.165) is 0 Å². The number of nitrogens with zero attached hydrogens (tertiary/aromatic N) is 1. The molecule has 0 aromatic heterocycles. The largest absolute Gasteiger partial charge is 0.349 e. The Kier molecular flexibility index (Phi) is 4.43. The number of nitrogens with one attached hydrogen (secondary N) is 2. The lowest BCUT2D eigenvalue weighted by atomic mass is 10.2. The number of nitrogen functional groups attached to an aromatic ring is 1.